The normalized spacial score (nSPS) is 22.5. The van der Waals surface area contributed by atoms with Gasteiger partial charge in [-0.15, -0.1) is 0 Å². The highest BCUT2D eigenvalue weighted by molar-refractivity contribution is 9.10. The van der Waals surface area contributed by atoms with Gasteiger partial charge in [-0.05, 0) is 28.1 Å². The summed E-state index contributed by atoms with van der Waals surface area (Å²) < 4.78 is 25.0. The van der Waals surface area contributed by atoms with E-state index in [1.54, 1.807) is 0 Å². The molecule has 3 nitrogen and oxygen atoms in total. The molecule has 94 valence electrons. The van der Waals surface area contributed by atoms with E-state index in [9.17, 15) is 4.39 Å². The molecule has 0 radical (unpaired) electrons. The zero-order valence-electron chi connectivity index (χ0n) is 8.96. The lowest BCUT2D eigenvalue weighted by molar-refractivity contribution is -0.0978. The Morgan fingerprint density at radius 2 is 2.24 bits per heavy atom. The fraction of sp³-hybridized carbons (Fsp3) is 0.455. The molecule has 1 fully saturated rings. The summed E-state index contributed by atoms with van der Waals surface area (Å²) in [6.07, 6.45) is -0.338. The van der Waals surface area contributed by atoms with E-state index in [2.05, 4.69) is 15.9 Å². The molecule has 2 N–H and O–H groups in total. The van der Waals surface area contributed by atoms with Crippen LogP contribution in [0.5, 0.6) is 0 Å². The fourth-order valence-corrected chi connectivity index (χ4v) is 2.19. The molecule has 6 heteroatoms. The first-order valence-corrected chi connectivity index (χ1v) is 6.36. The van der Waals surface area contributed by atoms with Gasteiger partial charge in [-0.2, -0.15) is 0 Å². The highest BCUT2D eigenvalue weighted by Crippen LogP contribution is 2.30. The minimum absolute atomic E-state index is 0.338. The van der Waals surface area contributed by atoms with E-state index < -0.39 is 11.9 Å². The van der Waals surface area contributed by atoms with Gasteiger partial charge in [-0.3, -0.25) is 0 Å². The second-order valence-electron chi connectivity index (χ2n) is 3.80. The molecule has 0 aromatic heterocycles. The molecule has 1 aromatic carbocycles. The first kappa shape index (κ1) is 13.2. The van der Waals surface area contributed by atoms with Crippen LogP contribution in [0.2, 0.25) is 5.02 Å². The van der Waals surface area contributed by atoms with Crippen molar-refractivity contribution in [3.8, 4) is 0 Å². The van der Waals surface area contributed by atoms with Crippen molar-refractivity contribution >= 4 is 27.5 Å². The molecule has 0 saturated carbocycles. The van der Waals surface area contributed by atoms with Gasteiger partial charge in [0.1, 0.15) is 11.9 Å². The maximum absolute atomic E-state index is 13.8. The second-order valence-corrected chi connectivity index (χ2v) is 5.06. The molecule has 0 aliphatic carbocycles. The van der Waals surface area contributed by atoms with Gasteiger partial charge in [0.2, 0.25) is 0 Å². The maximum atomic E-state index is 13.8. The van der Waals surface area contributed by atoms with Crippen molar-refractivity contribution in [3.05, 3.63) is 33.0 Å². The Morgan fingerprint density at radius 1 is 1.47 bits per heavy atom. The molecular formula is C11H12BrClFNO2. The molecular weight excluding hydrogens is 312 g/mol. The van der Waals surface area contributed by atoms with Gasteiger partial charge < -0.3 is 15.2 Å². The van der Waals surface area contributed by atoms with Crippen LogP contribution in [0.3, 0.4) is 0 Å². The Morgan fingerprint density at radius 3 is 2.88 bits per heavy atom. The van der Waals surface area contributed by atoms with Crippen molar-refractivity contribution in [1.29, 1.82) is 0 Å². The lowest BCUT2D eigenvalue weighted by Crippen LogP contribution is -2.38. The van der Waals surface area contributed by atoms with Gasteiger partial charge in [0.15, 0.2) is 0 Å². The monoisotopic (exact) mass is 323 g/mol. The molecule has 17 heavy (non-hydrogen) atoms. The molecule has 2 rings (SSSR count). The van der Waals surface area contributed by atoms with Crippen LogP contribution in [0.4, 0.5) is 4.39 Å². The van der Waals surface area contributed by atoms with Gasteiger partial charge in [0, 0.05) is 10.0 Å². The molecule has 1 aliphatic rings. The van der Waals surface area contributed by atoms with E-state index in [4.69, 9.17) is 26.8 Å². The molecule has 1 aliphatic heterocycles. The van der Waals surface area contributed by atoms with Crippen molar-refractivity contribution in [3.63, 3.8) is 0 Å². The number of halogens is 3. The number of hydrogen-bond acceptors (Lipinski definition) is 3. The third kappa shape index (κ3) is 2.98. The van der Waals surface area contributed by atoms with Crippen LogP contribution in [-0.2, 0) is 9.47 Å². The first-order chi connectivity index (χ1) is 8.09. The zero-order chi connectivity index (χ0) is 12.4. The molecule has 2 atom stereocenters. The Kier molecular flexibility index (Phi) is 4.38. The molecule has 0 bridgehead atoms. The lowest BCUT2D eigenvalue weighted by Gasteiger charge is -2.28. The predicted molar refractivity (Wildman–Crippen MR) is 66.6 cm³/mol. The van der Waals surface area contributed by atoms with E-state index in [0.717, 1.165) is 0 Å². The average molecular weight is 325 g/mol. The minimum atomic E-state index is -0.583. The van der Waals surface area contributed by atoms with Gasteiger partial charge in [0.25, 0.3) is 0 Å². The molecule has 0 spiro atoms. The summed E-state index contributed by atoms with van der Waals surface area (Å²) in [5, 5.41) is 0.425. The number of benzene rings is 1. The minimum Gasteiger partial charge on any atom is -0.376 e. The first-order valence-electron chi connectivity index (χ1n) is 5.19. The third-order valence-electron chi connectivity index (χ3n) is 2.64. The van der Waals surface area contributed by atoms with Crippen molar-refractivity contribution in [2.24, 2.45) is 5.73 Å². The average Bonchev–Trinajstić information content (AvgIpc) is 2.34. The van der Waals surface area contributed by atoms with Crippen LogP contribution in [0.1, 0.15) is 11.6 Å². The highest BCUT2D eigenvalue weighted by atomic mass is 79.9. The van der Waals surface area contributed by atoms with Gasteiger partial charge in [0.05, 0.1) is 30.9 Å². The summed E-state index contributed by atoms with van der Waals surface area (Å²) >= 11 is 9.08. The zero-order valence-corrected chi connectivity index (χ0v) is 11.3. The summed E-state index contributed by atoms with van der Waals surface area (Å²) in [6.45, 7) is 1.39. The predicted octanol–water partition coefficient (Wildman–Crippen LogP) is 2.66. The van der Waals surface area contributed by atoms with Crippen LogP contribution < -0.4 is 5.73 Å². The molecule has 2 unspecified atom stereocenters. The topological polar surface area (TPSA) is 44.5 Å². The van der Waals surface area contributed by atoms with Crippen molar-refractivity contribution in [2.45, 2.75) is 12.1 Å². The maximum Gasteiger partial charge on any atom is 0.129 e. The highest BCUT2D eigenvalue weighted by Gasteiger charge is 2.26. The van der Waals surface area contributed by atoms with E-state index >= 15 is 0 Å². The van der Waals surface area contributed by atoms with E-state index in [0.29, 0.717) is 34.9 Å². The summed E-state index contributed by atoms with van der Waals surface area (Å²) in [4.78, 5) is 0. The fourth-order valence-electron chi connectivity index (χ4n) is 1.71. The van der Waals surface area contributed by atoms with Crippen LogP contribution in [0.25, 0.3) is 0 Å². The number of nitrogens with two attached hydrogens (primary N) is 1. The quantitative estimate of drug-likeness (QED) is 0.851. The Bertz CT molecular complexity index is 413. The van der Waals surface area contributed by atoms with Gasteiger partial charge in [-0.25, -0.2) is 4.39 Å². The summed E-state index contributed by atoms with van der Waals surface area (Å²) in [5.41, 5.74) is 6.31. The third-order valence-corrected chi connectivity index (χ3v) is 3.84. The standard InChI is InChI=1S/C11H12BrClFNO2/c12-7-4-9(14)6(3-8(7)13)11(15)10-5-16-1-2-17-10/h3-4,10-11H,1-2,5,15H2. The Labute approximate surface area is 112 Å². The smallest absolute Gasteiger partial charge is 0.129 e. The summed E-state index contributed by atoms with van der Waals surface area (Å²) in [5.74, 6) is -0.400. The number of rotatable bonds is 2. The Hall–Kier alpha value is -0.200. The van der Waals surface area contributed by atoms with Crippen molar-refractivity contribution in [2.75, 3.05) is 19.8 Å². The van der Waals surface area contributed by atoms with Gasteiger partial charge >= 0.3 is 0 Å². The molecule has 1 saturated heterocycles. The molecule has 0 amide bonds. The van der Waals surface area contributed by atoms with Crippen LogP contribution in [0.15, 0.2) is 16.6 Å². The summed E-state index contributed by atoms with van der Waals surface area (Å²) in [6, 6.07) is 2.24. The second kappa shape index (κ2) is 5.63. The van der Waals surface area contributed by atoms with E-state index in [1.165, 1.54) is 12.1 Å². The molecule has 1 heterocycles. The van der Waals surface area contributed by atoms with Gasteiger partial charge in [-0.1, -0.05) is 11.6 Å². The molecule has 1 aromatic rings. The van der Waals surface area contributed by atoms with E-state index in [1.807, 2.05) is 0 Å². The number of ether oxygens (including phenoxy) is 2. The van der Waals surface area contributed by atoms with Crippen LogP contribution in [0, 0.1) is 5.82 Å². The summed E-state index contributed by atoms with van der Waals surface area (Å²) in [7, 11) is 0. The SMILES string of the molecule is NC(c1cc(Cl)c(Br)cc1F)C1COCCO1. The van der Waals surface area contributed by atoms with Crippen LogP contribution in [-0.4, -0.2) is 25.9 Å². The van der Waals surface area contributed by atoms with Crippen molar-refractivity contribution < 1.29 is 13.9 Å². The van der Waals surface area contributed by atoms with E-state index in [-0.39, 0.29) is 6.10 Å². The van der Waals surface area contributed by atoms with Crippen molar-refractivity contribution in [1.82, 2.24) is 0 Å². The lowest BCUT2D eigenvalue weighted by atomic mass is 10.0. The van der Waals surface area contributed by atoms with Crippen LogP contribution >= 0.6 is 27.5 Å². The number of hydrogen-bond donors (Lipinski definition) is 1. The largest absolute Gasteiger partial charge is 0.376 e. The Balaban J connectivity index is 2.23.